The van der Waals surface area contributed by atoms with E-state index in [0.717, 1.165) is 4.34 Å². The van der Waals surface area contributed by atoms with Crippen molar-refractivity contribution in [3.05, 3.63) is 0 Å². The van der Waals surface area contributed by atoms with Gasteiger partial charge in [0.05, 0.1) is 0 Å². The maximum absolute atomic E-state index is 12.1. The van der Waals surface area contributed by atoms with E-state index in [9.17, 15) is 13.0 Å². The van der Waals surface area contributed by atoms with E-state index in [1.54, 1.807) is 19.6 Å². The molecule has 62 valence electrons. The van der Waals surface area contributed by atoms with Crippen LogP contribution in [-0.2, 0) is 4.57 Å². The lowest BCUT2D eigenvalue weighted by Crippen LogP contribution is -2.38. The molecule has 0 spiro atoms. The summed E-state index contributed by atoms with van der Waals surface area (Å²) in [4.78, 5) is 0. The third-order valence-electron chi connectivity index (χ3n) is 1.32. The van der Waals surface area contributed by atoms with Gasteiger partial charge < -0.3 is 0 Å². The first kappa shape index (κ1) is 10.3. The Labute approximate surface area is 61.0 Å². The van der Waals surface area contributed by atoms with Gasteiger partial charge in [-0.15, -0.1) is 8.39 Å². The van der Waals surface area contributed by atoms with Gasteiger partial charge in [0, 0.05) is 0 Å². The Hall–Kier alpha value is 0.267. The molecule has 0 rings (SSSR count). The highest BCUT2D eigenvalue weighted by atomic mass is 31.2. The number of rotatable bonds is 2. The average molecular weight is 187 g/mol. The monoisotopic (exact) mass is 187 g/mol. The molecule has 2 nitrogen and oxygen atoms in total. The summed E-state index contributed by atoms with van der Waals surface area (Å²) >= 11 is 0. The van der Waals surface area contributed by atoms with Gasteiger partial charge >= 0.3 is 7.91 Å². The molecule has 0 radical (unpaired) electrons. The molecule has 0 aromatic rings. The van der Waals surface area contributed by atoms with E-state index in [4.69, 9.17) is 0 Å². The molecule has 0 bridgehead atoms. The van der Waals surface area contributed by atoms with Crippen molar-refractivity contribution in [2.45, 2.75) is 19.6 Å². The van der Waals surface area contributed by atoms with E-state index in [0.29, 0.717) is 0 Å². The highest BCUT2D eigenvalue weighted by molar-refractivity contribution is 7.52. The zero-order valence-corrected chi connectivity index (χ0v) is 8.45. The standard InChI is InChI=1S/C4H12F2NOPSi/c1-7(9(5,6)8)10(2,3)4/h1-4H3. The topological polar surface area (TPSA) is 20.3 Å². The van der Waals surface area contributed by atoms with Crippen LogP contribution in [0.25, 0.3) is 0 Å². The number of hydrogen-bond acceptors (Lipinski definition) is 1. The van der Waals surface area contributed by atoms with Crippen LogP contribution in [0.2, 0.25) is 19.6 Å². The number of nitrogens with zero attached hydrogens (tertiary/aromatic N) is 1. The SMILES string of the molecule is CN([Si](C)(C)C)P(=O)(F)F. The summed E-state index contributed by atoms with van der Waals surface area (Å²) in [6.45, 7) is 5.16. The van der Waals surface area contributed by atoms with Crippen LogP contribution < -0.4 is 0 Å². The first-order valence-corrected chi connectivity index (χ1v) is 7.78. The van der Waals surface area contributed by atoms with Crippen LogP contribution in [0.4, 0.5) is 8.39 Å². The van der Waals surface area contributed by atoms with Gasteiger partial charge in [0.2, 0.25) is 0 Å². The molecule has 0 aliphatic rings. The van der Waals surface area contributed by atoms with Crippen LogP contribution >= 0.6 is 7.91 Å². The van der Waals surface area contributed by atoms with Gasteiger partial charge in [0.15, 0.2) is 0 Å². The van der Waals surface area contributed by atoms with E-state index in [-0.39, 0.29) is 0 Å². The maximum atomic E-state index is 12.1. The second kappa shape index (κ2) is 2.72. The number of hydrogen-bond donors (Lipinski definition) is 0. The summed E-state index contributed by atoms with van der Waals surface area (Å²) in [5.74, 6) is 0. The molecule has 0 aliphatic carbocycles. The number of halogens is 2. The molecule has 0 aromatic heterocycles. The lowest BCUT2D eigenvalue weighted by atomic mass is 11.6. The molecule has 0 unspecified atom stereocenters. The Morgan fingerprint density at radius 1 is 1.30 bits per heavy atom. The maximum Gasteiger partial charge on any atom is 0.476 e. The minimum absolute atomic E-state index is 0.736. The largest absolute Gasteiger partial charge is 0.476 e. The van der Waals surface area contributed by atoms with Crippen molar-refractivity contribution in [1.82, 2.24) is 4.34 Å². The zero-order chi connectivity index (χ0) is 8.58. The summed E-state index contributed by atoms with van der Waals surface area (Å²) in [7, 11) is -5.84. The van der Waals surface area contributed by atoms with Crippen molar-refractivity contribution in [3.63, 3.8) is 0 Å². The van der Waals surface area contributed by atoms with Crippen molar-refractivity contribution >= 4 is 16.1 Å². The molecule has 0 atom stereocenters. The van der Waals surface area contributed by atoms with E-state index in [1.165, 1.54) is 7.05 Å². The molecule has 0 fully saturated rings. The smallest absolute Gasteiger partial charge is 0.232 e. The minimum Gasteiger partial charge on any atom is -0.232 e. The molecule has 6 heteroatoms. The molecular weight excluding hydrogens is 175 g/mol. The van der Waals surface area contributed by atoms with Gasteiger partial charge in [-0.1, -0.05) is 19.6 Å². The van der Waals surface area contributed by atoms with Gasteiger partial charge in [-0.05, 0) is 7.05 Å². The molecule has 0 heterocycles. The molecular formula is C4H12F2NOPSi. The minimum atomic E-state index is -4.98. The molecule has 0 saturated heterocycles. The Kier molecular flexibility index (Phi) is 2.79. The summed E-state index contributed by atoms with van der Waals surface area (Å²) in [6, 6.07) is 0. The fraction of sp³-hybridized carbons (Fsp3) is 1.00. The quantitative estimate of drug-likeness (QED) is 0.489. The van der Waals surface area contributed by atoms with Crippen molar-refractivity contribution in [2.24, 2.45) is 0 Å². The van der Waals surface area contributed by atoms with Gasteiger partial charge in [-0.3, -0.25) is 0 Å². The lowest BCUT2D eigenvalue weighted by molar-refractivity contribution is 0.446. The van der Waals surface area contributed by atoms with Gasteiger partial charge in [0.1, 0.15) is 8.24 Å². The summed E-state index contributed by atoms with van der Waals surface area (Å²) in [5.41, 5.74) is 0. The molecule has 0 aromatic carbocycles. The molecule has 0 amide bonds. The van der Waals surface area contributed by atoms with Crippen molar-refractivity contribution in [1.29, 1.82) is 0 Å². The summed E-state index contributed by atoms with van der Waals surface area (Å²) < 4.78 is 35.2. The Morgan fingerprint density at radius 2 is 1.60 bits per heavy atom. The highest BCUT2D eigenvalue weighted by Gasteiger charge is 2.36. The van der Waals surface area contributed by atoms with Crippen molar-refractivity contribution in [3.8, 4) is 0 Å². The normalized spacial score (nSPS) is 14.3. The molecule has 0 aliphatic heterocycles. The first-order chi connectivity index (χ1) is 4.15. The Balaban J connectivity index is 4.39. The molecule has 0 saturated carbocycles. The third-order valence-corrected chi connectivity index (χ3v) is 6.46. The van der Waals surface area contributed by atoms with Gasteiger partial charge in [0.25, 0.3) is 0 Å². The van der Waals surface area contributed by atoms with E-state index < -0.39 is 16.1 Å². The van der Waals surface area contributed by atoms with E-state index >= 15 is 0 Å². The van der Waals surface area contributed by atoms with Crippen LogP contribution in [0.5, 0.6) is 0 Å². The first-order valence-electron chi connectivity index (χ1n) is 2.89. The Bertz CT molecular complexity index is 163. The fourth-order valence-electron chi connectivity index (χ4n) is 0.349. The average Bonchev–Trinajstić information content (AvgIpc) is 1.59. The third kappa shape index (κ3) is 2.90. The van der Waals surface area contributed by atoms with Crippen molar-refractivity contribution in [2.75, 3.05) is 7.05 Å². The van der Waals surface area contributed by atoms with Crippen LogP contribution in [-0.4, -0.2) is 19.6 Å². The van der Waals surface area contributed by atoms with Crippen LogP contribution in [0.15, 0.2) is 0 Å². The Morgan fingerprint density at radius 3 is 1.60 bits per heavy atom. The lowest BCUT2D eigenvalue weighted by Gasteiger charge is -2.27. The highest BCUT2D eigenvalue weighted by Crippen LogP contribution is 2.54. The fourth-order valence-corrected chi connectivity index (χ4v) is 3.14. The summed E-state index contributed by atoms with van der Waals surface area (Å²) in [6.07, 6.45) is 0. The van der Waals surface area contributed by atoms with Crippen molar-refractivity contribution < 1.29 is 13.0 Å². The van der Waals surface area contributed by atoms with Crippen LogP contribution in [0.3, 0.4) is 0 Å². The second-order valence-corrected chi connectivity index (χ2v) is 9.99. The predicted molar refractivity (Wildman–Crippen MR) is 40.9 cm³/mol. The second-order valence-electron chi connectivity index (χ2n) is 3.13. The van der Waals surface area contributed by atoms with Crippen LogP contribution in [0, 0.1) is 0 Å². The van der Waals surface area contributed by atoms with E-state index in [1.807, 2.05) is 0 Å². The van der Waals surface area contributed by atoms with Crippen LogP contribution in [0.1, 0.15) is 0 Å². The zero-order valence-electron chi connectivity index (χ0n) is 6.56. The molecule has 0 N–H and O–H groups in total. The van der Waals surface area contributed by atoms with E-state index in [2.05, 4.69) is 0 Å². The summed E-state index contributed by atoms with van der Waals surface area (Å²) in [5, 5.41) is 0. The van der Waals surface area contributed by atoms with Gasteiger partial charge in [-0.2, -0.15) is 0 Å². The van der Waals surface area contributed by atoms with Gasteiger partial charge in [-0.25, -0.2) is 8.90 Å². The molecule has 10 heavy (non-hydrogen) atoms. The predicted octanol–water partition coefficient (Wildman–Crippen LogP) is 2.80.